The van der Waals surface area contributed by atoms with E-state index in [1.807, 2.05) is 52.1 Å². The molecule has 8 nitrogen and oxygen atoms in total. The highest BCUT2D eigenvalue weighted by Gasteiger charge is 2.44. The molecule has 0 radical (unpaired) electrons. The number of halogens is 1. The first-order valence-corrected chi connectivity index (χ1v) is 14.2. The number of aromatic nitrogens is 3. The van der Waals surface area contributed by atoms with Gasteiger partial charge in [-0.05, 0) is 68.2 Å². The summed E-state index contributed by atoms with van der Waals surface area (Å²) < 4.78 is 1.98. The fraction of sp³-hybridized carbons (Fsp3) is 0.643. The van der Waals surface area contributed by atoms with Gasteiger partial charge in [-0.3, -0.25) is 19.2 Å². The molecule has 1 aromatic heterocycles. The molecule has 2 aromatic rings. The summed E-state index contributed by atoms with van der Waals surface area (Å²) in [4.78, 5) is 35.0. The number of piperidine rings is 1. The fourth-order valence-corrected chi connectivity index (χ4v) is 6.74. The molecule has 2 atom stereocenters. The first-order valence-electron chi connectivity index (χ1n) is 13.8. The largest absolute Gasteiger partial charge is 0.343 e. The van der Waals surface area contributed by atoms with Gasteiger partial charge in [-0.25, -0.2) is 4.98 Å². The van der Waals surface area contributed by atoms with Crippen molar-refractivity contribution in [2.45, 2.75) is 76.4 Å². The monoisotopic (exact) mass is 526 g/mol. The van der Waals surface area contributed by atoms with Gasteiger partial charge in [-0.2, -0.15) is 5.10 Å². The predicted octanol–water partition coefficient (Wildman–Crippen LogP) is 3.55. The van der Waals surface area contributed by atoms with Crippen molar-refractivity contribution >= 4 is 23.4 Å². The van der Waals surface area contributed by atoms with Gasteiger partial charge in [-0.15, -0.1) is 0 Å². The lowest BCUT2D eigenvalue weighted by atomic mass is 9.63. The molecular weight excluding hydrogens is 488 g/mol. The van der Waals surface area contributed by atoms with Crippen LogP contribution in [0.4, 0.5) is 0 Å². The summed E-state index contributed by atoms with van der Waals surface area (Å²) in [5, 5.41) is 8.18. The van der Waals surface area contributed by atoms with Gasteiger partial charge in [0.25, 0.3) is 0 Å². The molecular formula is C28H39ClN6O2. The Morgan fingerprint density at radius 3 is 2.41 bits per heavy atom. The van der Waals surface area contributed by atoms with Crippen LogP contribution in [0.5, 0.6) is 0 Å². The highest BCUT2D eigenvalue weighted by molar-refractivity contribution is 6.30. The number of rotatable bonds is 8. The average Bonchev–Trinajstić information content (AvgIpc) is 3.42. The molecule has 3 heterocycles. The van der Waals surface area contributed by atoms with Crippen LogP contribution in [0, 0.1) is 11.3 Å². The van der Waals surface area contributed by atoms with Crippen molar-refractivity contribution in [3.05, 3.63) is 47.5 Å². The third kappa shape index (κ3) is 6.01. The number of likely N-dealkylation sites (tertiary alicyclic amines) is 2. The maximum absolute atomic E-state index is 13.9. The standard InChI is InChI=1S/C28H39ClN6O2/c1-33-14-11-25(33)26(36)32-24(17-21-7-9-23(29)10-8-21)27(37)34-15-12-28(13-16-34,18-35-20-30-19-31-35)22-5-3-2-4-6-22/h7-10,19-20,22,24-25H,2-6,11-18H2,1H3,(H,32,36). The molecule has 1 saturated carbocycles. The van der Waals surface area contributed by atoms with Crippen LogP contribution in [-0.2, 0) is 22.6 Å². The second-order valence-electron chi connectivity index (χ2n) is 11.3. The number of carbonyl (C=O) groups is 2. The molecule has 2 saturated heterocycles. The molecule has 5 rings (SSSR count). The minimum absolute atomic E-state index is 0.0169. The van der Waals surface area contributed by atoms with Gasteiger partial charge in [-0.1, -0.05) is 43.0 Å². The summed E-state index contributed by atoms with van der Waals surface area (Å²) in [6, 6.07) is 6.82. The van der Waals surface area contributed by atoms with Crippen LogP contribution in [0.3, 0.4) is 0 Å². The maximum atomic E-state index is 13.9. The van der Waals surface area contributed by atoms with Crippen LogP contribution in [0.2, 0.25) is 5.02 Å². The van der Waals surface area contributed by atoms with Gasteiger partial charge in [0.15, 0.2) is 0 Å². The number of hydrogen-bond donors (Lipinski definition) is 1. The van der Waals surface area contributed by atoms with E-state index in [0.717, 1.165) is 37.9 Å². The molecule has 1 aliphatic carbocycles. The number of amides is 2. The molecule has 2 amide bonds. The first kappa shape index (κ1) is 26.2. The Kier molecular flexibility index (Phi) is 8.15. The fourth-order valence-electron chi connectivity index (χ4n) is 6.61. The molecule has 1 aromatic carbocycles. The van der Waals surface area contributed by atoms with E-state index in [9.17, 15) is 9.59 Å². The van der Waals surface area contributed by atoms with Crippen LogP contribution in [0.25, 0.3) is 0 Å². The molecule has 1 N–H and O–H groups in total. The van der Waals surface area contributed by atoms with Crippen molar-refractivity contribution in [3.8, 4) is 0 Å². The molecule has 0 spiro atoms. The second kappa shape index (κ2) is 11.5. The topological polar surface area (TPSA) is 83.4 Å². The molecule has 0 bridgehead atoms. The highest BCUT2D eigenvalue weighted by atomic mass is 35.5. The molecule has 3 fully saturated rings. The third-order valence-corrected chi connectivity index (χ3v) is 9.30. The van der Waals surface area contributed by atoms with Crippen molar-refractivity contribution in [1.82, 2.24) is 29.9 Å². The molecule has 3 aliphatic rings. The van der Waals surface area contributed by atoms with E-state index in [4.69, 9.17) is 11.6 Å². The second-order valence-corrected chi connectivity index (χ2v) is 11.7. The zero-order valence-electron chi connectivity index (χ0n) is 21.8. The lowest BCUT2D eigenvalue weighted by Crippen LogP contribution is -2.59. The van der Waals surface area contributed by atoms with Gasteiger partial charge >= 0.3 is 0 Å². The molecule has 37 heavy (non-hydrogen) atoms. The zero-order chi connectivity index (χ0) is 25.8. The van der Waals surface area contributed by atoms with Crippen LogP contribution in [-0.4, -0.2) is 75.1 Å². The highest BCUT2D eigenvalue weighted by Crippen LogP contribution is 2.47. The summed E-state index contributed by atoms with van der Waals surface area (Å²) >= 11 is 6.08. The molecule has 2 aliphatic heterocycles. The van der Waals surface area contributed by atoms with Crippen molar-refractivity contribution in [2.24, 2.45) is 11.3 Å². The van der Waals surface area contributed by atoms with Crippen molar-refractivity contribution < 1.29 is 9.59 Å². The Balaban J connectivity index is 1.29. The van der Waals surface area contributed by atoms with E-state index in [0.29, 0.717) is 30.5 Å². The predicted molar refractivity (Wildman–Crippen MR) is 143 cm³/mol. The summed E-state index contributed by atoms with van der Waals surface area (Å²) in [7, 11) is 1.95. The SMILES string of the molecule is CN1CCC1C(=O)NC(Cc1ccc(Cl)cc1)C(=O)N1CCC(Cn2cncn2)(C2CCCCC2)CC1. The van der Waals surface area contributed by atoms with Crippen LogP contribution in [0.15, 0.2) is 36.9 Å². The summed E-state index contributed by atoms with van der Waals surface area (Å²) in [5.41, 5.74) is 1.12. The minimum atomic E-state index is -0.583. The van der Waals surface area contributed by atoms with Crippen molar-refractivity contribution in [1.29, 1.82) is 0 Å². The van der Waals surface area contributed by atoms with Gasteiger partial charge in [0, 0.05) is 37.6 Å². The number of nitrogens with zero attached hydrogens (tertiary/aromatic N) is 5. The number of carbonyl (C=O) groups excluding carboxylic acids is 2. The van der Waals surface area contributed by atoms with E-state index >= 15 is 0 Å². The summed E-state index contributed by atoms with van der Waals surface area (Å²) in [5.74, 6) is 0.616. The minimum Gasteiger partial charge on any atom is -0.343 e. The van der Waals surface area contributed by atoms with Crippen LogP contribution in [0.1, 0.15) is 56.9 Å². The lowest BCUT2D eigenvalue weighted by Gasteiger charge is -2.48. The molecule has 9 heteroatoms. The lowest BCUT2D eigenvalue weighted by molar-refractivity contribution is -0.141. The summed E-state index contributed by atoms with van der Waals surface area (Å²) in [6.07, 6.45) is 13.0. The average molecular weight is 527 g/mol. The normalized spacial score (nSPS) is 23.3. The number of hydrogen-bond acceptors (Lipinski definition) is 5. The first-order chi connectivity index (χ1) is 17.9. The van der Waals surface area contributed by atoms with Crippen molar-refractivity contribution in [3.63, 3.8) is 0 Å². The number of benzene rings is 1. The number of nitrogens with one attached hydrogen (secondary N) is 1. The van der Waals surface area contributed by atoms with E-state index < -0.39 is 6.04 Å². The summed E-state index contributed by atoms with van der Waals surface area (Å²) in [6.45, 7) is 3.19. The van der Waals surface area contributed by atoms with Gasteiger partial charge in [0.1, 0.15) is 18.7 Å². The van der Waals surface area contributed by atoms with E-state index in [2.05, 4.69) is 15.4 Å². The Morgan fingerprint density at radius 1 is 1.08 bits per heavy atom. The quantitative estimate of drug-likeness (QED) is 0.568. The molecule has 2 unspecified atom stereocenters. The Hall–Kier alpha value is -2.45. The van der Waals surface area contributed by atoms with E-state index in [-0.39, 0.29) is 23.3 Å². The Labute approximate surface area is 224 Å². The van der Waals surface area contributed by atoms with Gasteiger partial charge in [0.05, 0.1) is 6.04 Å². The zero-order valence-corrected chi connectivity index (χ0v) is 22.6. The van der Waals surface area contributed by atoms with E-state index in [1.165, 1.54) is 32.1 Å². The van der Waals surface area contributed by atoms with Crippen LogP contribution < -0.4 is 5.32 Å². The number of likely N-dealkylation sites (N-methyl/N-ethyl adjacent to an activating group) is 1. The van der Waals surface area contributed by atoms with Gasteiger partial charge in [0.2, 0.25) is 11.8 Å². The third-order valence-electron chi connectivity index (χ3n) is 9.04. The Morgan fingerprint density at radius 2 is 1.81 bits per heavy atom. The van der Waals surface area contributed by atoms with Crippen LogP contribution >= 0.6 is 11.6 Å². The Bertz CT molecular complexity index is 1050. The smallest absolute Gasteiger partial charge is 0.245 e. The van der Waals surface area contributed by atoms with Gasteiger partial charge < -0.3 is 10.2 Å². The molecule has 200 valence electrons. The van der Waals surface area contributed by atoms with E-state index in [1.54, 1.807) is 6.33 Å². The van der Waals surface area contributed by atoms with Crippen molar-refractivity contribution in [2.75, 3.05) is 26.7 Å². The maximum Gasteiger partial charge on any atom is 0.245 e.